The van der Waals surface area contributed by atoms with Gasteiger partial charge in [-0.3, -0.25) is 9.78 Å². The molecule has 11 heteroatoms. The molecular weight excluding hydrogens is 492 g/mol. The maximum Gasteiger partial charge on any atom is 0.319 e. The van der Waals surface area contributed by atoms with Crippen molar-refractivity contribution in [1.29, 1.82) is 0 Å². The molecule has 182 valence electrons. The minimum Gasteiger partial charge on any atom is -0.480 e. The monoisotopic (exact) mass is 514 g/mol. The minimum absolute atomic E-state index is 0.0867. The molecule has 0 aliphatic carbocycles. The maximum absolute atomic E-state index is 13.6. The molecule has 0 spiro atoms. The Balaban J connectivity index is 2.09. The van der Waals surface area contributed by atoms with Crippen LogP contribution in [0, 0.1) is 6.92 Å². The molecule has 0 saturated heterocycles. The number of hydrogen-bond donors (Lipinski definition) is 0. The number of pyridine rings is 1. The molecule has 0 radical (unpaired) electrons. The van der Waals surface area contributed by atoms with Crippen molar-refractivity contribution in [3.63, 3.8) is 0 Å². The van der Waals surface area contributed by atoms with Crippen LogP contribution < -0.4 is 9.47 Å². The molecule has 4 aromatic rings. The number of fused-ring (bicyclic) bond motifs is 1. The van der Waals surface area contributed by atoms with Gasteiger partial charge in [0.05, 0.1) is 25.5 Å². The second-order valence-electron chi connectivity index (χ2n) is 8.05. The van der Waals surface area contributed by atoms with Crippen LogP contribution in [0.15, 0.2) is 42.7 Å². The Hall–Kier alpha value is -3.50. The van der Waals surface area contributed by atoms with Crippen LogP contribution in [0.2, 0.25) is 5.02 Å². The first-order valence-corrected chi connectivity index (χ1v) is 12.9. The van der Waals surface area contributed by atoms with Crippen molar-refractivity contribution < 1.29 is 22.7 Å². The predicted molar refractivity (Wildman–Crippen MR) is 133 cm³/mol. The minimum atomic E-state index is -3.62. The summed E-state index contributed by atoms with van der Waals surface area (Å²) in [4.78, 5) is 26.3. The molecule has 35 heavy (non-hydrogen) atoms. The number of carbonyl (C=O) groups excluding carboxylic acids is 1. The molecule has 0 unspecified atom stereocenters. The van der Waals surface area contributed by atoms with Crippen molar-refractivity contribution in [3.8, 4) is 23.0 Å². The van der Waals surface area contributed by atoms with Gasteiger partial charge in [-0.15, -0.1) is 0 Å². The third kappa shape index (κ3) is 5.13. The van der Waals surface area contributed by atoms with Crippen LogP contribution in [0.4, 0.5) is 0 Å². The van der Waals surface area contributed by atoms with E-state index in [1.165, 1.54) is 20.4 Å². The molecule has 0 atom stereocenters. The van der Waals surface area contributed by atoms with E-state index in [1.807, 2.05) is 19.1 Å². The topological polar surface area (TPSA) is 113 Å². The predicted octanol–water partition coefficient (Wildman–Crippen LogP) is 3.75. The molecule has 0 aliphatic heterocycles. The SMILES string of the molecule is COc1ncc(-c2c(C(=O)CS(C)(=O)=O)n(Cc3ccnc(C)c3)c3ccc(Cl)cc23)c(OC)n1. The summed E-state index contributed by atoms with van der Waals surface area (Å²) in [5.74, 6) is -1.07. The van der Waals surface area contributed by atoms with Crippen molar-refractivity contribution in [1.82, 2.24) is 19.5 Å². The van der Waals surface area contributed by atoms with Gasteiger partial charge in [0, 0.05) is 52.4 Å². The van der Waals surface area contributed by atoms with Gasteiger partial charge in [0.2, 0.25) is 5.88 Å². The van der Waals surface area contributed by atoms with Crippen molar-refractivity contribution in [3.05, 3.63) is 64.7 Å². The Morgan fingerprint density at radius 3 is 2.54 bits per heavy atom. The molecule has 3 heterocycles. The zero-order valence-electron chi connectivity index (χ0n) is 19.6. The van der Waals surface area contributed by atoms with E-state index in [9.17, 15) is 13.2 Å². The van der Waals surface area contributed by atoms with Gasteiger partial charge >= 0.3 is 6.01 Å². The maximum atomic E-state index is 13.6. The Bertz CT molecular complexity index is 1550. The summed E-state index contributed by atoms with van der Waals surface area (Å²) >= 11 is 6.35. The first-order valence-electron chi connectivity index (χ1n) is 10.5. The lowest BCUT2D eigenvalue weighted by molar-refractivity contribution is 0.101. The average Bonchev–Trinajstić information content (AvgIpc) is 3.10. The first-order chi connectivity index (χ1) is 16.6. The number of carbonyl (C=O) groups is 1. The summed E-state index contributed by atoms with van der Waals surface area (Å²) in [6.07, 6.45) is 4.20. The fraction of sp³-hybridized carbons (Fsp3) is 0.250. The molecule has 3 aromatic heterocycles. The van der Waals surface area contributed by atoms with Crippen molar-refractivity contribution in [2.75, 3.05) is 26.2 Å². The van der Waals surface area contributed by atoms with Gasteiger partial charge in [0.25, 0.3) is 0 Å². The molecule has 0 fully saturated rings. The van der Waals surface area contributed by atoms with Crippen LogP contribution in [0.3, 0.4) is 0 Å². The Labute approximate surface area is 207 Å². The quantitative estimate of drug-likeness (QED) is 0.327. The molecule has 4 rings (SSSR count). The second-order valence-corrected chi connectivity index (χ2v) is 10.6. The smallest absolute Gasteiger partial charge is 0.319 e. The summed E-state index contributed by atoms with van der Waals surface area (Å²) in [6, 6.07) is 9.07. The number of methoxy groups -OCH3 is 2. The lowest BCUT2D eigenvalue weighted by Gasteiger charge is -2.13. The molecule has 0 aliphatic rings. The summed E-state index contributed by atoms with van der Waals surface area (Å²) < 4.78 is 36.6. The first kappa shape index (κ1) is 24.6. The zero-order chi connectivity index (χ0) is 25.3. The molecular formula is C24H23ClN4O5S. The van der Waals surface area contributed by atoms with E-state index < -0.39 is 21.4 Å². The highest BCUT2D eigenvalue weighted by atomic mass is 35.5. The van der Waals surface area contributed by atoms with E-state index in [0.717, 1.165) is 17.5 Å². The normalized spacial score (nSPS) is 11.6. The number of aromatic nitrogens is 4. The number of aryl methyl sites for hydroxylation is 1. The van der Waals surface area contributed by atoms with Gasteiger partial charge in [-0.1, -0.05) is 11.6 Å². The van der Waals surface area contributed by atoms with Crippen LogP contribution in [0.1, 0.15) is 21.7 Å². The van der Waals surface area contributed by atoms with Crippen molar-refractivity contribution >= 4 is 38.1 Å². The highest BCUT2D eigenvalue weighted by molar-refractivity contribution is 7.91. The standard InChI is InChI=1S/C24H23ClN4O5S/c1-14-9-15(7-8-26-14)12-29-19-6-5-16(25)10-17(19)21(22(29)20(30)13-35(4,31)32)18-11-27-24(34-3)28-23(18)33-2/h5-11H,12-13H2,1-4H3. The Morgan fingerprint density at radius 1 is 1.11 bits per heavy atom. The average molecular weight is 515 g/mol. The number of ether oxygens (including phenoxy) is 2. The van der Waals surface area contributed by atoms with Gasteiger partial charge in [-0.25, -0.2) is 13.4 Å². The van der Waals surface area contributed by atoms with Gasteiger partial charge < -0.3 is 14.0 Å². The third-order valence-corrected chi connectivity index (χ3v) is 6.38. The Kier molecular flexibility index (Phi) is 6.77. The summed E-state index contributed by atoms with van der Waals surface area (Å²) in [6.45, 7) is 2.17. The van der Waals surface area contributed by atoms with E-state index in [1.54, 1.807) is 29.0 Å². The van der Waals surface area contributed by atoms with Crippen LogP contribution >= 0.6 is 11.6 Å². The van der Waals surface area contributed by atoms with E-state index in [-0.39, 0.29) is 17.6 Å². The number of nitrogens with zero attached hydrogens (tertiary/aromatic N) is 4. The summed E-state index contributed by atoms with van der Waals surface area (Å²) in [5, 5.41) is 1.08. The number of rotatable bonds is 8. The highest BCUT2D eigenvalue weighted by Crippen LogP contribution is 2.41. The number of Topliss-reactive ketones (excluding diaryl/α,β-unsaturated/α-hetero) is 1. The zero-order valence-corrected chi connectivity index (χ0v) is 21.1. The van der Waals surface area contributed by atoms with Crippen molar-refractivity contribution in [2.45, 2.75) is 13.5 Å². The van der Waals surface area contributed by atoms with Crippen molar-refractivity contribution in [2.24, 2.45) is 0 Å². The van der Waals surface area contributed by atoms with Crippen LogP contribution in [0.25, 0.3) is 22.0 Å². The van der Waals surface area contributed by atoms with E-state index in [0.29, 0.717) is 33.6 Å². The van der Waals surface area contributed by atoms with Gasteiger partial charge in [0.1, 0.15) is 5.75 Å². The summed E-state index contributed by atoms with van der Waals surface area (Å²) in [5.41, 5.74) is 3.42. The molecule has 0 saturated carbocycles. The lowest BCUT2D eigenvalue weighted by Crippen LogP contribution is -2.19. The molecule has 1 aromatic carbocycles. The number of benzene rings is 1. The van der Waals surface area contributed by atoms with E-state index >= 15 is 0 Å². The van der Waals surface area contributed by atoms with Gasteiger partial charge in [-0.05, 0) is 42.8 Å². The van der Waals surface area contributed by atoms with Crippen LogP contribution in [-0.2, 0) is 16.4 Å². The largest absolute Gasteiger partial charge is 0.480 e. The van der Waals surface area contributed by atoms with Crippen LogP contribution in [0.5, 0.6) is 11.9 Å². The molecule has 0 amide bonds. The fourth-order valence-corrected chi connectivity index (χ4v) is 4.81. The summed E-state index contributed by atoms with van der Waals surface area (Å²) in [7, 11) is -0.752. The van der Waals surface area contributed by atoms with Gasteiger partial charge in [-0.2, -0.15) is 4.98 Å². The number of sulfone groups is 1. The Morgan fingerprint density at radius 2 is 1.89 bits per heavy atom. The molecule has 9 nitrogen and oxygen atoms in total. The second kappa shape index (κ2) is 9.63. The third-order valence-electron chi connectivity index (χ3n) is 5.36. The molecule has 0 bridgehead atoms. The highest BCUT2D eigenvalue weighted by Gasteiger charge is 2.29. The van der Waals surface area contributed by atoms with Crippen LogP contribution in [-0.4, -0.2) is 59.9 Å². The number of hydrogen-bond acceptors (Lipinski definition) is 8. The lowest BCUT2D eigenvalue weighted by atomic mass is 10.0. The fourth-order valence-electron chi connectivity index (χ4n) is 4.02. The molecule has 0 N–H and O–H groups in total. The number of halogens is 1. The van der Waals surface area contributed by atoms with E-state index in [4.69, 9.17) is 21.1 Å². The number of ketones is 1. The van der Waals surface area contributed by atoms with E-state index in [2.05, 4.69) is 15.0 Å². The van der Waals surface area contributed by atoms with Gasteiger partial charge in [0.15, 0.2) is 15.6 Å².